The van der Waals surface area contributed by atoms with Crippen LogP contribution < -0.4 is 0 Å². The van der Waals surface area contributed by atoms with E-state index in [9.17, 15) is 0 Å². The summed E-state index contributed by atoms with van der Waals surface area (Å²) in [6, 6.07) is 0. The van der Waals surface area contributed by atoms with Crippen molar-refractivity contribution in [1.29, 1.82) is 0 Å². The van der Waals surface area contributed by atoms with Gasteiger partial charge in [0.2, 0.25) is 0 Å². The van der Waals surface area contributed by atoms with Crippen LogP contribution in [0.3, 0.4) is 0 Å². The van der Waals surface area contributed by atoms with Gasteiger partial charge in [-0.15, -0.1) is 0 Å². The first kappa shape index (κ1) is 3.89. The van der Waals surface area contributed by atoms with Crippen LogP contribution in [0.25, 0.3) is 0 Å². The van der Waals surface area contributed by atoms with Gasteiger partial charge in [-0.05, 0) is 0 Å². The fourth-order valence-corrected chi connectivity index (χ4v) is 0. The average Bonchev–Trinajstić information content (AvgIpc) is 0.811. The standard InChI is InChI=1S/Ni.3O/q-3;;;. The molecule has 0 radical (unpaired) electrons. The Kier molecular flexibility index (Phi) is 1.21. The van der Waals surface area contributed by atoms with Crippen LogP contribution in [-0.2, 0) is 24.9 Å². The van der Waals surface area contributed by atoms with E-state index in [1.54, 1.807) is 0 Å². The average molecular weight is 107 g/mol. The van der Waals surface area contributed by atoms with Crippen LogP contribution in [0.1, 0.15) is 0 Å². The molecule has 0 aliphatic carbocycles. The third-order valence-electron chi connectivity index (χ3n) is 0. The van der Waals surface area contributed by atoms with Crippen LogP contribution >= 0.6 is 0 Å². The van der Waals surface area contributed by atoms with Gasteiger partial charge in [-0.3, -0.25) is 0 Å². The van der Waals surface area contributed by atoms with E-state index in [0.29, 0.717) is 0 Å². The van der Waals surface area contributed by atoms with Crippen LogP contribution in [0.4, 0.5) is 0 Å². The van der Waals surface area contributed by atoms with Gasteiger partial charge >= 0.3 is 24.9 Å². The minimum atomic E-state index is -3.21. The van der Waals surface area contributed by atoms with Gasteiger partial charge in [0, 0.05) is 0 Å². The third kappa shape index (κ3) is 133. The molecule has 0 N–H and O–H groups in total. The van der Waals surface area contributed by atoms with Crippen LogP contribution in [0.15, 0.2) is 0 Å². The predicted molar refractivity (Wildman–Crippen MR) is 2.06 cm³/mol. The van der Waals surface area contributed by atoms with Crippen molar-refractivity contribution >= 4 is 0 Å². The molecule has 4 heavy (non-hydrogen) atoms. The second-order valence-corrected chi connectivity index (χ2v) is 0.652. The molecule has 0 amide bonds. The molecule has 31 valence electrons. The van der Waals surface area contributed by atoms with Crippen molar-refractivity contribution < 1.29 is 24.9 Å². The molecule has 0 bridgehead atoms. The molecule has 0 saturated carbocycles. The molecule has 0 aromatic carbocycles. The van der Waals surface area contributed by atoms with Gasteiger partial charge in [-0.1, -0.05) is 0 Å². The Morgan fingerprint density at radius 3 is 1.00 bits per heavy atom. The van der Waals surface area contributed by atoms with Gasteiger partial charge in [0.25, 0.3) is 0 Å². The molecule has 4 heteroatoms. The SMILES string of the molecule is [O]=[Ni-3](=[O])=[O]. The normalized spacial score (nSPS) is 10.5. The maximum absolute atomic E-state index is 8.46. The van der Waals surface area contributed by atoms with Gasteiger partial charge in [0.1, 0.15) is 0 Å². The fraction of sp³-hybridized carbons (Fsp3) is 0. The Morgan fingerprint density at radius 2 is 1.00 bits per heavy atom. The van der Waals surface area contributed by atoms with E-state index in [0.717, 1.165) is 0 Å². The molecule has 0 fully saturated rings. The zero-order valence-corrected chi connectivity index (χ0v) is 2.53. The monoisotopic (exact) mass is 106 g/mol. The summed E-state index contributed by atoms with van der Waals surface area (Å²) in [6.07, 6.45) is 0. The molecular weight excluding hydrogens is 107 g/mol. The van der Waals surface area contributed by atoms with Crippen LogP contribution in [-0.4, -0.2) is 0 Å². The molecule has 0 saturated heterocycles. The number of hydrogen-bond acceptors (Lipinski definition) is 3. The topological polar surface area (TPSA) is 51.2 Å². The first-order valence-electron chi connectivity index (χ1n) is 0.387. The van der Waals surface area contributed by atoms with Crippen molar-refractivity contribution in [2.45, 2.75) is 0 Å². The molecular formula is NiO3-3. The molecule has 3 nitrogen and oxygen atoms in total. The zero-order valence-electron chi connectivity index (χ0n) is 1.54. The Labute approximate surface area is 25.8 Å². The van der Waals surface area contributed by atoms with Gasteiger partial charge in [-0.2, -0.15) is 0 Å². The van der Waals surface area contributed by atoms with E-state index in [4.69, 9.17) is 11.7 Å². The molecule has 0 spiro atoms. The van der Waals surface area contributed by atoms with Crippen molar-refractivity contribution in [3.8, 4) is 0 Å². The fourth-order valence-electron chi connectivity index (χ4n) is 0. The molecule has 0 aliphatic heterocycles. The predicted octanol–water partition coefficient (Wildman–Crippen LogP) is -0.359. The molecule has 0 aliphatic rings. The van der Waals surface area contributed by atoms with Crippen molar-refractivity contribution in [1.82, 2.24) is 0 Å². The van der Waals surface area contributed by atoms with Crippen molar-refractivity contribution in [3.05, 3.63) is 0 Å². The molecule has 0 aromatic rings. The maximum atomic E-state index is 8.46. The summed E-state index contributed by atoms with van der Waals surface area (Å²) in [7, 11) is 0. The van der Waals surface area contributed by atoms with E-state index < -0.39 is 13.2 Å². The van der Waals surface area contributed by atoms with Crippen molar-refractivity contribution in [2.24, 2.45) is 0 Å². The molecule has 0 rings (SSSR count). The van der Waals surface area contributed by atoms with Crippen molar-refractivity contribution in [3.63, 3.8) is 0 Å². The summed E-state index contributed by atoms with van der Waals surface area (Å²) in [5.74, 6) is 0. The Balaban J connectivity index is 4.65. The quantitative estimate of drug-likeness (QED) is 0.397. The van der Waals surface area contributed by atoms with Gasteiger partial charge < -0.3 is 0 Å². The Hall–Kier alpha value is -0.106. The summed E-state index contributed by atoms with van der Waals surface area (Å²) in [5, 5.41) is 0. The summed E-state index contributed by atoms with van der Waals surface area (Å²) < 4.78 is 25.4. The van der Waals surface area contributed by atoms with E-state index in [2.05, 4.69) is 0 Å². The van der Waals surface area contributed by atoms with Gasteiger partial charge in [0.15, 0.2) is 0 Å². The second kappa shape index (κ2) is 1.24. The molecule has 0 heterocycles. The summed E-state index contributed by atoms with van der Waals surface area (Å²) in [6.45, 7) is 0. The van der Waals surface area contributed by atoms with Crippen LogP contribution in [0.2, 0.25) is 0 Å². The van der Waals surface area contributed by atoms with Gasteiger partial charge in [0.05, 0.1) is 0 Å². The second-order valence-electron chi connectivity index (χ2n) is 0.158. The van der Waals surface area contributed by atoms with Gasteiger partial charge in [-0.25, -0.2) is 0 Å². The molecule has 0 unspecified atom stereocenters. The Morgan fingerprint density at radius 1 is 1.00 bits per heavy atom. The van der Waals surface area contributed by atoms with Crippen LogP contribution in [0, 0.1) is 0 Å². The summed E-state index contributed by atoms with van der Waals surface area (Å²) in [4.78, 5) is 0. The zero-order chi connectivity index (χ0) is 3.58. The molecule has 0 aromatic heterocycles. The van der Waals surface area contributed by atoms with Crippen LogP contribution in [0.5, 0.6) is 0 Å². The van der Waals surface area contributed by atoms with E-state index in [1.165, 1.54) is 0 Å². The first-order chi connectivity index (χ1) is 1.73. The summed E-state index contributed by atoms with van der Waals surface area (Å²) >= 11 is -3.21. The van der Waals surface area contributed by atoms with E-state index >= 15 is 0 Å². The number of rotatable bonds is 0. The van der Waals surface area contributed by atoms with E-state index in [-0.39, 0.29) is 0 Å². The minimum absolute atomic E-state index is 3.21. The summed E-state index contributed by atoms with van der Waals surface area (Å²) in [5.41, 5.74) is 0. The molecule has 0 atom stereocenters. The number of hydrogen-bond donors (Lipinski definition) is 0. The van der Waals surface area contributed by atoms with E-state index in [1.807, 2.05) is 0 Å². The Bertz CT molecular complexity index is 72.7. The third-order valence-corrected chi connectivity index (χ3v) is 0. The first-order valence-corrected chi connectivity index (χ1v) is 1.60. The van der Waals surface area contributed by atoms with Crippen molar-refractivity contribution in [2.75, 3.05) is 0 Å².